The molecule has 5 rings (SSSR count). The van der Waals surface area contributed by atoms with Gasteiger partial charge in [-0.25, -0.2) is 0 Å². The maximum Gasteiger partial charge on any atom is 0.416 e. The molecule has 0 spiro atoms. The van der Waals surface area contributed by atoms with Gasteiger partial charge in [-0.3, -0.25) is 4.90 Å². The Labute approximate surface area is 179 Å². The summed E-state index contributed by atoms with van der Waals surface area (Å²) in [5.41, 5.74) is 3.22. The molecule has 2 aliphatic rings. The van der Waals surface area contributed by atoms with E-state index in [0.29, 0.717) is 31.2 Å². The number of halogens is 3. The first kappa shape index (κ1) is 20.4. The summed E-state index contributed by atoms with van der Waals surface area (Å²) in [4.78, 5) is 4.59. The number of morpholine rings is 1. The molecular weight excluding hydrogens is 403 g/mol. The van der Waals surface area contributed by atoms with Crippen LogP contribution < -0.4 is 4.90 Å². The van der Waals surface area contributed by atoms with E-state index in [-0.39, 0.29) is 0 Å². The SMILES string of the molecule is CC1CCN1c1cccc(-n2cc(CN3CCOCC3)c3cc(C(F)(F)F)ccc32)c1. The zero-order valence-electron chi connectivity index (χ0n) is 17.5. The third-order valence-electron chi connectivity index (χ3n) is 6.47. The van der Waals surface area contributed by atoms with Gasteiger partial charge in [0, 0.05) is 55.2 Å². The van der Waals surface area contributed by atoms with Gasteiger partial charge < -0.3 is 14.2 Å². The van der Waals surface area contributed by atoms with Crippen molar-refractivity contribution < 1.29 is 17.9 Å². The van der Waals surface area contributed by atoms with Crippen molar-refractivity contribution in [3.63, 3.8) is 0 Å². The molecule has 7 heteroatoms. The maximum atomic E-state index is 13.4. The number of fused-ring (bicyclic) bond motifs is 1. The van der Waals surface area contributed by atoms with Gasteiger partial charge in [0.2, 0.25) is 0 Å². The van der Waals surface area contributed by atoms with Crippen LogP contribution in [0, 0.1) is 0 Å². The molecule has 0 N–H and O–H groups in total. The number of nitrogens with zero attached hydrogens (tertiary/aromatic N) is 3. The van der Waals surface area contributed by atoms with Crippen molar-refractivity contribution >= 4 is 16.6 Å². The van der Waals surface area contributed by atoms with Gasteiger partial charge in [0.1, 0.15) is 0 Å². The first-order chi connectivity index (χ1) is 14.9. The first-order valence-corrected chi connectivity index (χ1v) is 10.8. The average Bonchev–Trinajstić information content (AvgIpc) is 3.11. The summed E-state index contributed by atoms with van der Waals surface area (Å²) in [7, 11) is 0. The first-order valence-electron chi connectivity index (χ1n) is 10.8. The number of anilines is 1. The van der Waals surface area contributed by atoms with Crippen LogP contribution >= 0.6 is 0 Å². The molecule has 0 saturated carbocycles. The Hall–Kier alpha value is -2.51. The molecule has 31 heavy (non-hydrogen) atoms. The molecule has 2 fully saturated rings. The molecule has 1 aromatic heterocycles. The number of ether oxygens (including phenoxy) is 1. The van der Waals surface area contributed by atoms with E-state index in [1.54, 1.807) is 6.07 Å². The van der Waals surface area contributed by atoms with E-state index in [1.807, 2.05) is 22.9 Å². The van der Waals surface area contributed by atoms with Crippen molar-refractivity contribution in [3.8, 4) is 5.69 Å². The van der Waals surface area contributed by atoms with E-state index in [1.165, 1.54) is 18.6 Å². The van der Waals surface area contributed by atoms with E-state index in [0.717, 1.165) is 42.1 Å². The number of hydrogen-bond donors (Lipinski definition) is 0. The minimum Gasteiger partial charge on any atom is -0.379 e. The Bertz CT molecular complexity index is 1090. The summed E-state index contributed by atoms with van der Waals surface area (Å²) < 4.78 is 47.7. The largest absolute Gasteiger partial charge is 0.416 e. The predicted octanol–water partition coefficient (Wildman–Crippen LogP) is 5.08. The third-order valence-corrected chi connectivity index (χ3v) is 6.47. The van der Waals surface area contributed by atoms with Crippen LogP contribution in [0.25, 0.3) is 16.6 Å². The van der Waals surface area contributed by atoms with Crippen LogP contribution in [-0.4, -0.2) is 48.4 Å². The van der Waals surface area contributed by atoms with Gasteiger partial charge in [0.05, 0.1) is 24.3 Å². The molecular formula is C24H26F3N3O. The number of hydrogen-bond acceptors (Lipinski definition) is 3. The number of benzene rings is 2. The van der Waals surface area contributed by atoms with Crippen molar-refractivity contribution in [2.45, 2.75) is 32.1 Å². The van der Waals surface area contributed by atoms with Crippen molar-refractivity contribution in [1.29, 1.82) is 0 Å². The molecule has 0 amide bonds. The van der Waals surface area contributed by atoms with Gasteiger partial charge >= 0.3 is 6.18 Å². The summed E-state index contributed by atoms with van der Waals surface area (Å²) in [6, 6.07) is 12.9. The minimum absolute atomic E-state index is 0.517. The van der Waals surface area contributed by atoms with Crippen LogP contribution in [0.4, 0.5) is 18.9 Å². The second-order valence-corrected chi connectivity index (χ2v) is 8.49. The highest BCUT2D eigenvalue weighted by Gasteiger charge is 2.31. The Morgan fingerprint density at radius 3 is 2.45 bits per heavy atom. The Balaban J connectivity index is 1.58. The summed E-state index contributed by atoms with van der Waals surface area (Å²) in [6.07, 6.45) is -1.18. The molecule has 1 unspecified atom stereocenters. The summed E-state index contributed by atoms with van der Waals surface area (Å²) >= 11 is 0. The van der Waals surface area contributed by atoms with E-state index >= 15 is 0 Å². The van der Waals surface area contributed by atoms with Crippen molar-refractivity contribution in [1.82, 2.24) is 9.47 Å². The van der Waals surface area contributed by atoms with Gasteiger partial charge in [-0.2, -0.15) is 13.2 Å². The van der Waals surface area contributed by atoms with E-state index in [4.69, 9.17) is 4.74 Å². The fraction of sp³-hybridized carbons (Fsp3) is 0.417. The molecule has 4 nitrogen and oxygen atoms in total. The highest BCUT2D eigenvalue weighted by Crippen LogP contribution is 2.35. The van der Waals surface area contributed by atoms with Crippen molar-refractivity contribution in [2.24, 2.45) is 0 Å². The molecule has 2 saturated heterocycles. The van der Waals surface area contributed by atoms with Crippen LogP contribution in [0.15, 0.2) is 48.7 Å². The number of aromatic nitrogens is 1. The van der Waals surface area contributed by atoms with Gasteiger partial charge in [-0.05, 0) is 55.3 Å². The van der Waals surface area contributed by atoms with Crippen LogP contribution in [0.1, 0.15) is 24.5 Å². The summed E-state index contributed by atoms with van der Waals surface area (Å²) in [6.45, 7) is 6.73. The van der Waals surface area contributed by atoms with E-state index < -0.39 is 11.7 Å². The highest BCUT2D eigenvalue weighted by molar-refractivity contribution is 5.86. The minimum atomic E-state index is -4.36. The second kappa shape index (κ2) is 7.88. The lowest BCUT2D eigenvalue weighted by Gasteiger charge is -2.41. The number of rotatable bonds is 4. The smallest absolute Gasteiger partial charge is 0.379 e. The van der Waals surface area contributed by atoms with Crippen LogP contribution in [0.3, 0.4) is 0 Å². The van der Waals surface area contributed by atoms with Crippen molar-refractivity contribution in [3.05, 3.63) is 59.8 Å². The lowest BCUT2D eigenvalue weighted by atomic mass is 10.0. The molecule has 0 bridgehead atoms. The Morgan fingerprint density at radius 2 is 1.77 bits per heavy atom. The average molecular weight is 429 g/mol. The van der Waals surface area contributed by atoms with Crippen molar-refractivity contribution in [2.75, 3.05) is 37.7 Å². The summed E-state index contributed by atoms with van der Waals surface area (Å²) in [5.74, 6) is 0. The highest BCUT2D eigenvalue weighted by atomic mass is 19.4. The van der Waals surface area contributed by atoms with E-state index in [2.05, 4.69) is 28.9 Å². The molecule has 3 aromatic rings. The van der Waals surface area contributed by atoms with Gasteiger partial charge in [0.15, 0.2) is 0 Å². The predicted molar refractivity (Wildman–Crippen MR) is 116 cm³/mol. The van der Waals surface area contributed by atoms with Gasteiger partial charge in [0.25, 0.3) is 0 Å². The standard InChI is InChI=1S/C24H26F3N3O/c1-17-7-8-29(17)20-3-2-4-21(14-20)30-16-18(15-28-9-11-31-12-10-28)22-13-19(24(25,26)27)5-6-23(22)30/h2-6,13-14,16-17H,7-12,15H2,1H3. The van der Waals surface area contributed by atoms with Crippen LogP contribution in [-0.2, 0) is 17.5 Å². The zero-order chi connectivity index (χ0) is 21.6. The molecule has 164 valence electrons. The topological polar surface area (TPSA) is 20.6 Å². The molecule has 2 aromatic carbocycles. The molecule has 2 aliphatic heterocycles. The molecule has 1 atom stereocenters. The van der Waals surface area contributed by atoms with Crippen LogP contribution in [0.5, 0.6) is 0 Å². The van der Waals surface area contributed by atoms with Gasteiger partial charge in [-0.1, -0.05) is 6.07 Å². The monoisotopic (exact) mass is 429 g/mol. The fourth-order valence-corrected chi connectivity index (χ4v) is 4.54. The maximum absolute atomic E-state index is 13.4. The quantitative estimate of drug-likeness (QED) is 0.577. The van der Waals surface area contributed by atoms with Crippen LogP contribution in [0.2, 0.25) is 0 Å². The third kappa shape index (κ3) is 3.92. The fourth-order valence-electron chi connectivity index (χ4n) is 4.54. The Morgan fingerprint density at radius 1 is 1.00 bits per heavy atom. The Kier molecular flexibility index (Phi) is 5.18. The number of alkyl halides is 3. The lowest BCUT2D eigenvalue weighted by molar-refractivity contribution is -0.137. The lowest BCUT2D eigenvalue weighted by Crippen LogP contribution is -2.45. The summed E-state index contributed by atoms with van der Waals surface area (Å²) in [5, 5.41) is 0.657. The second-order valence-electron chi connectivity index (χ2n) is 8.49. The molecule has 3 heterocycles. The normalized spacial score (nSPS) is 20.3. The molecule has 0 radical (unpaired) electrons. The zero-order valence-corrected chi connectivity index (χ0v) is 17.5. The van der Waals surface area contributed by atoms with Gasteiger partial charge in [-0.15, -0.1) is 0 Å². The molecule has 0 aliphatic carbocycles. The van der Waals surface area contributed by atoms with E-state index in [9.17, 15) is 13.2 Å².